The minimum absolute atomic E-state index is 0.150. The van der Waals surface area contributed by atoms with Crippen LogP contribution in [0.4, 0.5) is 0 Å². The summed E-state index contributed by atoms with van der Waals surface area (Å²) in [6, 6.07) is 3.68. The summed E-state index contributed by atoms with van der Waals surface area (Å²) in [6.07, 6.45) is 2.55. The number of hydrogen-bond acceptors (Lipinski definition) is 4. The van der Waals surface area contributed by atoms with Crippen LogP contribution in [0.2, 0.25) is 0 Å². The molecule has 1 heterocycles. The second kappa shape index (κ2) is 5.36. The van der Waals surface area contributed by atoms with Crippen LogP contribution in [0.5, 0.6) is 11.6 Å². The molecule has 0 aliphatic heterocycles. The van der Waals surface area contributed by atoms with Gasteiger partial charge in [-0.05, 0) is 37.1 Å². The van der Waals surface area contributed by atoms with E-state index in [9.17, 15) is 4.79 Å². The van der Waals surface area contributed by atoms with Gasteiger partial charge in [0.25, 0.3) is 0 Å². The van der Waals surface area contributed by atoms with E-state index >= 15 is 0 Å². The topological polar surface area (TPSA) is 72.3 Å². The lowest BCUT2D eigenvalue weighted by atomic mass is 10.1. The number of carboxylic acid groups (broad SMARTS) is 1. The summed E-state index contributed by atoms with van der Waals surface area (Å²) in [4.78, 5) is 18.4. The van der Waals surface area contributed by atoms with Gasteiger partial charge >= 0.3 is 5.97 Å². The predicted octanol–water partition coefficient (Wildman–Crippen LogP) is 3.35. The Morgan fingerprint density at radius 2 is 1.89 bits per heavy atom. The number of aromatic nitrogens is 2. The zero-order chi connectivity index (χ0) is 14.0. The van der Waals surface area contributed by atoms with Crippen molar-refractivity contribution in [3.63, 3.8) is 0 Å². The van der Waals surface area contributed by atoms with E-state index in [-0.39, 0.29) is 11.6 Å². The highest BCUT2D eigenvalue weighted by Crippen LogP contribution is 2.28. The number of aryl methyl sites for hydroxylation is 2. The van der Waals surface area contributed by atoms with Crippen molar-refractivity contribution in [3.05, 3.63) is 45.8 Å². The Balaban J connectivity index is 2.31. The van der Waals surface area contributed by atoms with Crippen molar-refractivity contribution >= 4 is 21.9 Å². The van der Waals surface area contributed by atoms with Gasteiger partial charge < -0.3 is 9.84 Å². The zero-order valence-corrected chi connectivity index (χ0v) is 11.9. The molecule has 0 spiro atoms. The van der Waals surface area contributed by atoms with Crippen LogP contribution in [0.15, 0.2) is 29.0 Å². The van der Waals surface area contributed by atoms with Crippen molar-refractivity contribution in [2.24, 2.45) is 0 Å². The lowest BCUT2D eigenvalue weighted by Crippen LogP contribution is -2.02. The fourth-order valence-corrected chi connectivity index (χ4v) is 1.82. The third-order valence-electron chi connectivity index (χ3n) is 2.46. The smallest absolute Gasteiger partial charge is 0.356 e. The molecule has 0 unspecified atom stereocenters. The molecule has 1 aromatic carbocycles. The molecule has 0 fully saturated rings. The lowest BCUT2D eigenvalue weighted by Gasteiger charge is -2.09. The average Bonchev–Trinajstić information content (AvgIpc) is 2.36. The highest BCUT2D eigenvalue weighted by molar-refractivity contribution is 9.10. The van der Waals surface area contributed by atoms with Gasteiger partial charge in [0.05, 0.1) is 12.4 Å². The Kier molecular flexibility index (Phi) is 3.80. The molecule has 0 saturated carbocycles. The number of ether oxygens (including phenoxy) is 1. The zero-order valence-electron chi connectivity index (χ0n) is 10.3. The van der Waals surface area contributed by atoms with Gasteiger partial charge in [-0.2, -0.15) is 0 Å². The number of nitrogens with zero attached hydrogens (tertiary/aromatic N) is 2. The Labute approximate surface area is 118 Å². The SMILES string of the molecule is Cc1cc(Oc2cncc(C(=O)O)n2)cc(C)c1Br. The van der Waals surface area contributed by atoms with Crippen molar-refractivity contribution in [1.29, 1.82) is 0 Å². The van der Waals surface area contributed by atoms with E-state index < -0.39 is 5.97 Å². The molecule has 5 nitrogen and oxygen atoms in total. The summed E-state index contributed by atoms with van der Waals surface area (Å²) in [5.74, 6) is -0.392. The molecule has 1 N–H and O–H groups in total. The molecule has 0 aliphatic rings. The lowest BCUT2D eigenvalue weighted by molar-refractivity contribution is 0.0689. The van der Waals surface area contributed by atoms with Crippen LogP contribution in [0.3, 0.4) is 0 Å². The van der Waals surface area contributed by atoms with Crippen molar-refractivity contribution in [2.75, 3.05) is 0 Å². The van der Waals surface area contributed by atoms with Crippen LogP contribution >= 0.6 is 15.9 Å². The van der Waals surface area contributed by atoms with Crippen LogP contribution in [0, 0.1) is 13.8 Å². The van der Waals surface area contributed by atoms with Gasteiger partial charge in [-0.15, -0.1) is 0 Å². The molecule has 0 amide bonds. The second-order valence-electron chi connectivity index (χ2n) is 4.02. The number of halogens is 1. The van der Waals surface area contributed by atoms with Crippen LogP contribution in [0.1, 0.15) is 21.6 Å². The highest BCUT2D eigenvalue weighted by Gasteiger charge is 2.09. The maximum absolute atomic E-state index is 10.8. The number of rotatable bonds is 3. The number of aromatic carboxylic acids is 1. The molecular weight excluding hydrogens is 312 g/mol. The number of hydrogen-bond donors (Lipinski definition) is 1. The molecule has 0 saturated heterocycles. The highest BCUT2D eigenvalue weighted by atomic mass is 79.9. The summed E-state index contributed by atoms with van der Waals surface area (Å²) in [6.45, 7) is 3.90. The molecule has 0 radical (unpaired) electrons. The Hall–Kier alpha value is -1.95. The Morgan fingerprint density at radius 3 is 2.47 bits per heavy atom. The van der Waals surface area contributed by atoms with E-state index in [1.807, 2.05) is 26.0 Å². The molecule has 2 aromatic rings. The van der Waals surface area contributed by atoms with Gasteiger partial charge in [0.2, 0.25) is 5.88 Å². The maximum atomic E-state index is 10.8. The monoisotopic (exact) mass is 322 g/mol. The summed E-state index contributed by atoms with van der Waals surface area (Å²) in [5, 5.41) is 8.84. The first-order valence-electron chi connectivity index (χ1n) is 5.47. The molecule has 6 heteroatoms. The molecule has 1 aromatic heterocycles. The van der Waals surface area contributed by atoms with E-state index in [2.05, 4.69) is 25.9 Å². The summed E-state index contributed by atoms with van der Waals surface area (Å²) in [7, 11) is 0. The van der Waals surface area contributed by atoms with Crippen LogP contribution < -0.4 is 4.74 Å². The van der Waals surface area contributed by atoms with Gasteiger partial charge in [0.15, 0.2) is 5.69 Å². The van der Waals surface area contributed by atoms with Gasteiger partial charge in [0.1, 0.15) is 5.75 Å². The molecule has 98 valence electrons. The first kappa shape index (κ1) is 13.5. The maximum Gasteiger partial charge on any atom is 0.356 e. The molecule has 2 rings (SSSR count). The van der Waals surface area contributed by atoms with Crippen molar-refractivity contribution in [2.45, 2.75) is 13.8 Å². The molecule has 19 heavy (non-hydrogen) atoms. The Morgan fingerprint density at radius 1 is 1.26 bits per heavy atom. The van der Waals surface area contributed by atoms with E-state index in [4.69, 9.17) is 9.84 Å². The summed E-state index contributed by atoms with van der Waals surface area (Å²) >= 11 is 3.47. The summed E-state index contributed by atoms with van der Waals surface area (Å²) in [5.41, 5.74) is 1.90. The van der Waals surface area contributed by atoms with E-state index in [1.54, 1.807) is 0 Å². The van der Waals surface area contributed by atoms with Crippen molar-refractivity contribution in [3.8, 4) is 11.6 Å². The second-order valence-corrected chi connectivity index (χ2v) is 4.81. The van der Waals surface area contributed by atoms with Gasteiger partial charge in [0, 0.05) is 4.47 Å². The number of carboxylic acids is 1. The van der Waals surface area contributed by atoms with Crippen molar-refractivity contribution < 1.29 is 14.6 Å². The van der Waals surface area contributed by atoms with E-state index in [1.165, 1.54) is 12.4 Å². The molecule has 0 bridgehead atoms. The van der Waals surface area contributed by atoms with E-state index in [0.717, 1.165) is 15.6 Å². The first-order chi connectivity index (χ1) is 8.97. The summed E-state index contributed by atoms with van der Waals surface area (Å²) < 4.78 is 6.55. The third-order valence-corrected chi connectivity index (χ3v) is 3.71. The first-order valence-corrected chi connectivity index (χ1v) is 6.26. The average molecular weight is 323 g/mol. The molecule has 0 atom stereocenters. The van der Waals surface area contributed by atoms with Gasteiger partial charge in [-0.3, -0.25) is 4.98 Å². The quantitative estimate of drug-likeness (QED) is 0.938. The van der Waals surface area contributed by atoms with Crippen LogP contribution in [0.25, 0.3) is 0 Å². The predicted molar refractivity (Wildman–Crippen MR) is 72.7 cm³/mol. The largest absolute Gasteiger partial charge is 0.476 e. The fourth-order valence-electron chi connectivity index (χ4n) is 1.59. The molecule has 0 aliphatic carbocycles. The Bertz CT molecular complexity index is 621. The standard InChI is InChI=1S/C13H11BrN2O3/c1-7-3-9(4-8(2)12(7)14)19-11-6-15-5-10(16-11)13(17)18/h3-6H,1-2H3,(H,17,18). The van der Waals surface area contributed by atoms with Gasteiger partial charge in [-0.25, -0.2) is 9.78 Å². The molecular formula is C13H11BrN2O3. The van der Waals surface area contributed by atoms with Crippen molar-refractivity contribution in [1.82, 2.24) is 9.97 Å². The number of carbonyl (C=O) groups is 1. The third kappa shape index (κ3) is 3.08. The number of benzene rings is 1. The minimum atomic E-state index is -1.14. The fraction of sp³-hybridized carbons (Fsp3) is 0.154. The van der Waals surface area contributed by atoms with E-state index in [0.29, 0.717) is 5.75 Å². The minimum Gasteiger partial charge on any atom is -0.476 e. The van der Waals surface area contributed by atoms with Crippen LogP contribution in [-0.4, -0.2) is 21.0 Å². The van der Waals surface area contributed by atoms with Crippen LogP contribution in [-0.2, 0) is 0 Å². The van der Waals surface area contributed by atoms with Gasteiger partial charge in [-0.1, -0.05) is 15.9 Å². The normalized spacial score (nSPS) is 10.3.